The van der Waals surface area contributed by atoms with Gasteiger partial charge >= 0.3 is 0 Å². The van der Waals surface area contributed by atoms with Crippen LogP contribution in [0.15, 0.2) is 24.3 Å². The van der Waals surface area contributed by atoms with Gasteiger partial charge in [-0.1, -0.05) is 37.3 Å². The summed E-state index contributed by atoms with van der Waals surface area (Å²) in [6.07, 6.45) is 1.01. The van der Waals surface area contributed by atoms with E-state index >= 15 is 0 Å². The van der Waals surface area contributed by atoms with E-state index in [1.54, 1.807) is 0 Å². The van der Waals surface area contributed by atoms with Crippen molar-refractivity contribution < 1.29 is 0 Å². The summed E-state index contributed by atoms with van der Waals surface area (Å²) in [7, 11) is 0. The first-order valence-electron chi connectivity index (χ1n) is 4.34. The second-order valence-electron chi connectivity index (χ2n) is 2.83. The van der Waals surface area contributed by atoms with Gasteiger partial charge in [-0.05, 0) is 18.1 Å². The average molecular weight is 194 g/mol. The van der Waals surface area contributed by atoms with Gasteiger partial charge in [0.25, 0.3) is 0 Å². The molecule has 0 atom stereocenters. The molecule has 0 aliphatic rings. The molecular weight excluding hydrogens is 180 g/mol. The van der Waals surface area contributed by atoms with Gasteiger partial charge in [0.05, 0.1) is 11.5 Å². The zero-order chi connectivity index (χ0) is 9.68. The predicted molar refractivity (Wildman–Crippen MR) is 61.1 cm³/mol. The second-order valence-corrected chi connectivity index (χ2v) is 3.35. The number of thiocarbonyl (C=S) groups is 1. The Balaban J connectivity index is 2.69. The number of rotatable bonds is 4. The minimum atomic E-state index is 0.492. The summed E-state index contributed by atoms with van der Waals surface area (Å²) in [5.41, 5.74) is 7.81. The maximum Gasteiger partial charge on any atom is 0.0921 e. The molecule has 2 nitrogen and oxygen atoms in total. The minimum Gasteiger partial charge on any atom is -0.392 e. The highest BCUT2D eigenvalue weighted by Crippen LogP contribution is 2.14. The summed E-state index contributed by atoms with van der Waals surface area (Å²) < 4.78 is 0. The topological polar surface area (TPSA) is 38.0 Å². The van der Waals surface area contributed by atoms with Gasteiger partial charge in [-0.3, -0.25) is 0 Å². The van der Waals surface area contributed by atoms with Crippen LogP contribution in [-0.2, 0) is 6.42 Å². The molecule has 3 heteroatoms. The van der Waals surface area contributed by atoms with E-state index in [1.165, 1.54) is 5.56 Å². The summed E-state index contributed by atoms with van der Waals surface area (Å²) in [5.74, 6) is 0. The summed E-state index contributed by atoms with van der Waals surface area (Å²) in [4.78, 5) is 0.492. The van der Waals surface area contributed by atoms with Crippen molar-refractivity contribution in [1.82, 2.24) is 0 Å². The van der Waals surface area contributed by atoms with Crippen LogP contribution in [0.25, 0.3) is 0 Å². The third-order valence-corrected chi connectivity index (χ3v) is 2.00. The Bertz CT molecular complexity index is 297. The molecule has 0 saturated carbocycles. The maximum atomic E-state index is 5.40. The lowest BCUT2D eigenvalue weighted by Gasteiger charge is -2.09. The Morgan fingerprint density at radius 2 is 2.15 bits per heavy atom. The van der Waals surface area contributed by atoms with Crippen molar-refractivity contribution in [2.75, 3.05) is 11.9 Å². The van der Waals surface area contributed by atoms with Gasteiger partial charge in [-0.15, -0.1) is 0 Å². The van der Waals surface area contributed by atoms with E-state index < -0.39 is 0 Å². The van der Waals surface area contributed by atoms with Crippen molar-refractivity contribution in [2.24, 2.45) is 5.73 Å². The SMILES string of the molecule is CCc1ccccc1NCC(N)=S. The zero-order valence-electron chi connectivity index (χ0n) is 7.71. The zero-order valence-corrected chi connectivity index (χ0v) is 8.53. The highest BCUT2D eigenvalue weighted by Gasteiger charge is 1.97. The lowest BCUT2D eigenvalue weighted by molar-refractivity contribution is 1.13. The molecule has 0 aliphatic heterocycles. The number of benzene rings is 1. The molecule has 0 heterocycles. The number of anilines is 1. The summed E-state index contributed by atoms with van der Waals surface area (Å²) in [6.45, 7) is 2.69. The normalized spacial score (nSPS) is 9.62. The van der Waals surface area contributed by atoms with Gasteiger partial charge in [0.1, 0.15) is 0 Å². The molecule has 0 saturated heterocycles. The van der Waals surface area contributed by atoms with Crippen molar-refractivity contribution in [3.05, 3.63) is 29.8 Å². The van der Waals surface area contributed by atoms with E-state index in [9.17, 15) is 0 Å². The van der Waals surface area contributed by atoms with E-state index in [4.69, 9.17) is 18.0 Å². The van der Waals surface area contributed by atoms with Crippen LogP contribution in [0.2, 0.25) is 0 Å². The fourth-order valence-corrected chi connectivity index (χ4v) is 1.26. The molecule has 1 aromatic carbocycles. The molecule has 13 heavy (non-hydrogen) atoms. The van der Waals surface area contributed by atoms with Gasteiger partial charge in [0.2, 0.25) is 0 Å². The van der Waals surface area contributed by atoms with Crippen molar-refractivity contribution >= 4 is 22.9 Å². The van der Waals surface area contributed by atoms with Crippen molar-refractivity contribution in [3.63, 3.8) is 0 Å². The highest BCUT2D eigenvalue weighted by atomic mass is 32.1. The molecule has 0 radical (unpaired) electrons. The van der Waals surface area contributed by atoms with Crippen LogP contribution in [-0.4, -0.2) is 11.5 Å². The van der Waals surface area contributed by atoms with Gasteiger partial charge in [-0.2, -0.15) is 0 Å². The molecule has 0 fully saturated rings. The number of nitrogens with one attached hydrogen (secondary N) is 1. The molecule has 0 amide bonds. The average Bonchev–Trinajstić information content (AvgIpc) is 2.15. The Kier molecular flexibility index (Phi) is 3.71. The number of aryl methyl sites for hydroxylation is 1. The highest BCUT2D eigenvalue weighted by molar-refractivity contribution is 7.80. The van der Waals surface area contributed by atoms with Crippen LogP contribution >= 0.6 is 12.2 Å². The first-order chi connectivity index (χ1) is 6.24. The Labute approximate surface area is 84.1 Å². The fourth-order valence-electron chi connectivity index (χ4n) is 1.18. The predicted octanol–water partition coefficient (Wildman–Crippen LogP) is 1.95. The number of nitrogens with two attached hydrogens (primary N) is 1. The fraction of sp³-hybridized carbons (Fsp3) is 0.300. The molecule has 0 spiro atoms. The maximum absolute atomic E-state index is 5.40. The monoisotopic (exact) mass is 194 g/mol. The van der Waals surface area contributed by atoms with Crippen LogP contribution in [0.5, 0.6) is 0 Å². The molecule has 1 rings (SSSR count). The Hall–Kier alpha value is -1.09. The van der Waals surface area contributed by atoms with Crippen molar-refractivity contribution in [1.29, 1.82) is 0 Å². The van der Waals surface area contributed by atoms with Crippen molar-refractivity contribution in [2.45, 2.75) is 13.3 Å². The number of para-hydroxylation sites is 1. The molecule has 1 aromatic rings. The standard InChI is InChI=1S/C10H14N2S/c1-2-8-5-3-4-6-9(8)12-7-10(11)13/h3-6,12H,2,7H2,1H3,(H2,11,13). The third-order valence-electron chi connectivity index (χ3n) is 1.85. The second kappa shape index (κ2) is 4.82. The molecule has 0 bridgehead atoms. The lowest BCUT2D eigenvalue weighted by Crippen LogP contribution is -2.20. The largest absolute Gasteiger partial charge is 0.392 e. The molecule has 0 aliphatic carbocycles. The molecule has 0 unspecified atom stereocenters. The van der Waals surface area contributed by atoms with Crippen LogP contribution in [0.3, 0.4) is 0 Å². The van der Waals surface area contributed by atoms with Gasteiger partial charge in [-0.25, -0.2) is 0 Å². The van der Waals surface area contributed by atoms with E-state index in [2.05, 4.69) is 18.3 Å². The van der Waals surface area contributed by atoms with Crippen LogP contribution in [0.4, 0.5) is 5.69 Å². The molecule has 70 valence electrons. The molecular formula is C10H14N2S. The summed E-state index contributed by atoms with van der Waals surface area (Å²) >= 11 is 4.79. The number of hydrogen-bond donors (Lipinski definition) is 2. The van der Waals surface area contributed by atoms with Crippen LogP contribution in [0.1, 0.15) is 12.5 Å². The Morgan fingerprint density at radius 3 is 2.77 bits per heavy atom. The quantitative estimate of drug-likeness (QED) is 0.719. The van der Waals surface area contributed by atoms with Crippen LogP contribution < -0.4 is 11.1 Å². The first kappa shape index (κ1) is 9.99. The third kappa shape index (κ3) is 3.03. The molecule has 0 aromatic heterocycles. The van der Waals surface area contributed by atoms with Gasteiger partial charge < -0.3 is 11.1 Å². The first-order valence-corrected chi connectivity index (χ1v) is 4.75. The lowest BCUT2D eigenvalue weighted by atomic mass is 10.1. The van der Waals surface area contributed by atoms with E-state index in [1.807, 2.05) is 18.2 Å². The van der Waals surface area contributed by atoms with Gasteiger partial charge in [0.15, 0.2) is 0 Å². The van der Waals surface area contributed by atoms with E-state index in [0.29, 0.717) is 11.5 Å². The van der Waals surface area contributed by atoms with E-state index in [0.717, 1.165) is 12.1 Å². The van der Waals surface area contributed by atoms with Gasteiger partial charge in [0, 0.05) is 5.69 Å². The minimum absolute atomic E-state index is 0.492. The van der Waals surface area contributed by atoms with Crippen molar-refractivity contribution in [3.8, 4) is 0 Å². The summed E-state index contributed by atoms with van der Waals surface area (Å²) in [6, 6.07) is 8.17. The number of hydrogen-bond acceptors (Lipinski definition) is 2. The Morgan fingerprint density at radius 1 is 1.46 bits per heavy atom. The van der Waals surface area contributed by atoms with Crippen LogP contribution in [0, 0.1) is 0 Å². The summed E-state index contributed by atoms with van der Waals surface area (Å²) in [5, 5.41) is 3.20. The van der Waals surface area contributed by atoms with E-state index in [-0.39, 0.29) is 0 Å². The smallest absolute Gasteiger partial charge is 0.0921 e. The molecule has 3 N–H and O–H groups in total.